The predicted molar refractivity (Wildman–Crippen MR) is 141 cm³/mol. The zero-order chi connectivity index (χ0) is 26.8. The average molecular weight is 517 g/mol. The van der Waals surface area contributed by atoms with Crippen molar-refractivity contribution < 1.29 is 13.6 Å². The summed E-state index contributed by atoms with van der Waals surface area (Å²) >= 11 is 0. The van der Waals surface area contributed by atoms with Crippen molar-refractivity contribution in [3.8, 4) is 11.4 Å². The molecule has 0 bridgehead atoms. The van der Waals surface area contributed by atoms with Gasteiger partial charge in [-0.3, -0.25) is 19.1 Å². The third-order valence-corrected chi connectivity index (χ3v) is 6.60. The Hall–Kier alpha value is -4.44. The number of aromatic nitrogens is 3. The number of anilines is 3. The van der Waals surface area contributed by atoms with E-state index in [0.717, 1.165) is 22.5 Å². The molecular weight excluding hydrogens is 490 g/mol. The Morgan fingerprint density at radius 2 is 1.82 bits per heavy atom. The van der Waals surface area contributed by atoms with Crippen LogP contribution in [0.2, 0.25) is 0 Å². The van der Waals surface area contributed by atoms with Gasteiger partial charge >= 0.3 is 0 Å². The number of nitrogens with one attached hydrogen (secondary N) is 2. The van der Waals surface area contributed by atoms with Crippen molar-refractivity contribution >= 4 is 23.0 Å². The van der Waals surface area contributed by atoms with Crippen LogP contribution >= 0.6 is 0 Å². The van der Waals surface area contributed by atoms with E-state index >= 15 is 0 Å². The highest BCUT2D eigenvalue weighted by atomic mass is 19.1. The maximum Gasteiger partial charge on any atom is 0.277 e. The summed E-state index contributed by atoms with van der Waals surface area (Å²) in [5, 5.41) is 5.47. The summed E-state index contributed by atoms with van der Waals surface area (Å²) in [4.78, 5) is 36.9. The molecule has 0 fully saturated rings. The quantitative estimate of drug-likeness (QED) is 0.388. The van der Waals surface area contributed by atoms with Crippen LogP contribution in [0, 0.1) is 11.6 Å². The van der Waals surface area contributed by atoms with Crippen molar-refractivity contribution in [1.82, 2.24) is 19.9 Å². The van der Waals surface area contributed by atoms with E-state index in [0.29, 0.717) is 24.4 Å². The summed E-state index contributed by atoms with van der Waals surface area (Å²) in [5.74, 6) is -0.730. The molecule has 5 rings (SSSR count). The lowest BCUT2D eigenvalue weighted by atomic mass is 10.1. The highest BCUT2D eigenvalue weighted by Gasteiger charge is 2.22. The number of halogens is 2. The van der Waals surface area contributed by atoms with Gasteiger partial charge < -0.3 is 15.5 Å². The lowest BCUT2D eigenvalue weighted by molar-refractivity contribution is -0.117. The van der Waals surface area contributed by atoms with Crippen LogP contribution in [0.4, 0.5) is 25.8 Å². The van der Waals surface area contributed by atoms with Crippen molar-refractivity contribution in [2.45, 2.75) is 25.9 Å². The summed E-state index contributed by atoms with van der Waals surface area (Å²) in [7, 11) is 1.65. The molecule has 1 amide bonds. The Balaban J connectivity index is 1.53. The van der Waals surface area contributed by atoms with Gasteiger partial charge in [-0.15, -0.1) is 0 Å². The Bertz CT molecular complexity index is 1550. The van der Waals surface area contributed by atoms with Crippen LogP contribution in [-0.4, -0.2) is 40.1 Å². The maximum absolute atomic E-state index is 13.7. The number of hydrogen-bond acceptors (Lipinski definition) is 6. The molecule has 0 spiro atoms. The van der Waals surface area contributed by atoms with E-state index in [2.05, 4.69) is 25.5 Å². The first kappa shape index (κ1) is 25.2. The first-order valence-electron chi connectivity index (χ1n) is 12.2. The van der Waals surface area contributed by atoms with Gasteiger partial charge in [0.15, 0.2) is 0 Å². The number of pyridine rings is 1. The molecule has 0 unspecified atom stereocenters. The van der Waals surface area contributed by atoms with Crippen LogP contribution in [0.15, 0.2) is 71.9 Å². The first-order valence-corrected chi connectivity index (χ1v) is 12.2. The highest BCUT2D eigenvalue weighted by molar-refractivity contribution is 5.94. The molecule has 0 saturated heterocycles. The van der Waals surface area contributed by atoms with Gasteiger partial charge in [0.05, 0.1) is 30.7 Å². The molecule has 0 radical (unpaired) electrons. The molecule has 38 heavy (non-hydrogen) atoms. The van der Waals surface area contributed by atoms with Crippen molar-refractivity contribution in [2.24, 2.45) is 0 Å². The second-order valence-corrected chi connectivity index (χ2v) is 9.12. The molecule has 1 aliphatic rings. The molecule has 4 aromatic rings. The van der Waals surface area contributed by atoms with Gasteiger partial charge in [0, 0.05) is 24.0 Å². The summed E-state index contributed by atoms with van der Waals surface area (Å²) in [6.45, 7) is 2.46. The summed E-state index contributed by atoms with van der Waals surface area (Å²) in [6, 6.07) is 11.8. The van der Waals surface area contributed by atoms with Gasteiger partial charge in [-0.25, -0.2) is 13.8 Å². The maximum atomic E-state index is 13.7. The van der Waals surface area contributed by atoms with Crippen molar-refractivity contribution in [3.63, 3.8) is 0 Å². The van der Waals surface area contributed by atoms with Gasteiger partial charge in [-0.05, 0) is 80.1 Å². The normalized spacial score (nSPS) is 13.3. The predicted octanol–water partition coefficient (Wildman–Crippen LogP) is 3.87. The highest BCUT2D eigenvalue weighted by Crippen LogP contribution is 2.35. The van der Waals surface area contributed by atoms with Gasteiger partial charge in [0.1, 0.15) is 23.1 Å². The Kier molecular flexibility index (Phi) is 6.97. The molecule has 1 atom stereocenters. The van der Waals surface area contributed by atoms with Gasteiger partial charge in [-0.2, -0.15) is 0 Å². The molecule has 8 nitrogen and oxygen atoms in total. The molecule has 3 heterocycles. The fourth-order valence-corrected chi connectivity index (χ4v) is 4.46. The largest absolute Gasteiger partial charge is 0.340 e. The van der Waals surface area contributed by atoms with Crippen molar-refractivity contribution in [3.05, 3.63) is 100 Å². The van der Waals surface area contributed by atoms with Crippen LogP contribution in [-0.2, 0) is 17.8 Å². The van der Waals surface area contributed by atoms with E-state index in [1.807, 2.05) is 6.07 Å². The monoisotopic (exact) mass is 516 g/mol. The number of amides is 1. The molecule has 2 aromatic carbocycles. The zero-order valence-electron chi connectivity index (χ0n) is 20.9. The van der Waals surface area contributed by atoms with Crippen molar-refractivity contribution in [1.29, 1.82) is 0 Å². The molecule has 2 aromatic heterocycles. The minimum atomic E-state index is -0.516. The summed E-state index contributed by atoms with van der Waals surface area (Å²) in [5.41, 5.74) is 3.49. The van der Waals surface area contributed by atoms with Crippen LogP contribution in [0.25, 0.3) is 11.4 Å². The summed E-state index contributed by atoms with van der Waals surface area (Å²) in [6.07, 6.45) is 5.40. The number of benzene rings is 2. The van der Waals surface area contributed by atoms with Gasteiger partial charge in [0.25, 0.3) is 5.56 Å². The Morgan fingerprint density at radius 1 is 1.05 bits per heavy atom. The van der Waals surface area contributed by atoms with E-state index in [-0.39, 0.29) is 24.0 Å². The zero-order valence-corrected chi connectivity index (χ0v) is 20.9. The number of hydrogen-bond donors (Lipinski definition) is 2. The molecule has 1 aliphatic heterocycles. The topological polar surface area (TPSA) is 92.2 Å². The molecule has 2 N–H and O–H groups in total. The first-order chi connectivity index (χ1) is 18.3. The Morgan fingerprint density at radius 3 is 2.58 bits per heavy atom. The van der Waals surface area contributed by atoms with Crippen LogP contribution in [0.5, 0.6) is 0 Å². The van der Waals surface area contributed by atoms with Crippen molar-refractivity contribution in [2.75, 3.05) is 23.8 Å². The van der Waals surface area contributed by atoms with Crippen LogP contribution in [0.1, 0.15) is 18.1 Å². The van der Waals surface area contributed by atoms with Crippen LogP contribution < -0.4 is 21.1 Å². The fourth-order valence-electron chi connectivity index (χ4n) is 4.46. The average Bonchev–Trinajstić information content (AvgIpc) is 3.34. The van der Waals surface area contributed by atoms with E-state index in [9.17, 15) is 18.4 Å². The lowest BCUT2D eigenvalue weighted by Crippen LogP contribution is -2.38. The fraction of sp³-hybridized carbons (Fsp3) is 0.214. The summed E-state index contributed by atoms with van der Waals surface area (Å²) < 4.78 is 28.7. The number of carbonyl (C=O) groups is 1. The van der Waals surface area contributed by atoms with E-state index < -0.39 is 17.4 Å². The third-order valence-electron chi connectivity index (χ3n) is 6.60. The number of nitrogens with zero attached hydrogens (tertiary/aromatic N) is 4. The third kappa shape index (κ3) is 5.03. The molecule has 0 saturated carbocycles. The minimum Gasteiger partial charge on any atom is -0.340 e. The lowest BCUT2D eigenvalue weighted by Gasteiger charge is -2.20. The number of likely N-dealkylation sites (N-methyl/N-ethyl adjacent to an activating group) is 1. The molecular formula is C28H26F2N6O2. The van der Waals surface area contributed by atoms with Crippen LogP contribution in [0.3, 0.4) is 0 Å². The van der Waals surface area contributed by atoms with E-state index in [4.69, 9.17) is 0 Å². The SMILES string of the molecule is CN[C@@H](C)C(=O)Nc1cnc(-c2ccc(F)cc2)n(Cc2cncc(N3CCc4cc(F)ccc43)c2)c1=O. The Labute approximate surface area is 218 Å². The van der Waals surface area contributed by atoms with Gasteiger partial charge in [0.2, 0.25) is 5.91 Å². The minimum absolute atomic E-state index is 0.0302. The smallest absolute Gasteiger partial charge is 0.277 e. The van der Waals surface area contributed by atoms with E-state index in [1.54, 1.807) is 50.6 Å². The number of fused-ring (bicyclic) bond motifs is 1. The molecule has 194 valence electrons. The molecule has 10 heteroatoms. The second-order valence-electron chi connectivity index (χ2n) is 9.12. The number of carbonyl (C=O) groups excluding carboxylic acids is 1. The number of rotatable bonds is 7. The van der Waals surface area contributed by atoms with Gasteiger partial charge in [-0.1, -0.05) is 0 Å². The molecule has 0 aliphatic carbocycles. The standard InChI is InChI=1S/C28H26F2N6O2/c1-17(31-2)27(37)34-24-15-33-26(19-3-5-21(29)6-4-19)36(28(24)38)16-18-11-23(14-32-13-18)35-10-9-20-12-22(30)7-8-25(20)35/h3-8,11-15,17,31H,9-10,16H2,1-2H3,(H,34,37)/t17-/m0/s1. The second kappa shape index (κ2) is 10.5. The van der Waals surface area contributed by atoms with E-state index in [1.165, 1.54) is 29.0 Å².